The van der Waals surface area contributed by atoms with Crippen molar-refractivity contribution in [2.75, 3.05) is 31.1 Å². The topological polar surface area (TPSA) is 125 Å². The summed E-state index contributed by atoms with van der Waals surface area (Å²) < 4.78 is 1.91. The van der Waals surface area contributed by atoms with Crippen molar-refractivity contribution in [3.63, 3.8) is 0 Å². The lowest BCUT2D eigenvalue weighted by Crippen LogP contribution is -2.53. The van der Waals surface area contributed by atoms with E-state index in [2.05, 4.69) is 23.6 Å². The molecule has 4 atom stereocenters. The van der Waals surface area contributed by atoms with Gasteiger partial charge in [-0.3, -0.25) is 14.5 Å². The van der Waals surface area contributed by atoms with E-state index < -0.39 is 5.97 Å². The van der Waals surface area contributed by atoms with Gasteiger partial charge in [-0.25, -0.2) is 14.6 Å². The number of aliphatic carboxylic acids is 1. The van der Waals surface area contributed by atoms with Crippen molar-refractivity contribution in [3.05, 3.63) is 45.7 Å². The average molecular weight is 592 g/mol. The third-order valence-electron chi connectivity index (χ3n) is 8.00. The third-order valence-corrected chi connectivity index (χ3v) is 8.57. The number of benzene rings is 1. The van der Waals surface area contributed by atoms with Gasteiger partial charge >= 0.3 is 5.97 Å². The molecule has 10 nitrogen and oxygen atoms in total. The van der Waals surface area contributed by atoms with E-state index in [1.165, 1.54) is 0 Å². The molecule has 3 aromatic rings. The predicted molar refractivity (Wildman–Crippen MR) is 155 cm³/mol. The lowest BCUT2D eigenvalue weighted by Gasteiger charge is -2.45. The highest BCUT2D eigenvalue weighted by atomic mass is 35.5. The highest BCUT2D eigenvalue weighted by molar-refractivity contribution is 6.35. The molecule has 2 aliphatic rings. The zero-order valence-electron chi connectivity index (χ0n) is 23.0. The molecule has 0 radical (unpaired) electrons. The zero-order valence-corrected chi connectivity index (χ0v) is 24.5. The number of hydrogen-bond acceptors (Lipinski definition) is 7. The van der Waals surface area contributed by atoms with Gasteiger partial charge in [-0.15, -0.1) is 0 Å². The summed E-state index contributed by atoms with van der Waals surface area (Å²) in [5.41, 5.74) is 3.30. The van der Waals surface area contributed by atoms with E-state index in [1.54, 1.807) is 6.07 Å². The van der Waals surface area contributed by atoms with Gasteiger partial charge in [-0.1, -0.05) is 36.2 Å². The van der Waals surface area contributed by atoms with Crippen LogP contribution in [0.15, 0.2) is 24.4 Å². The molecule has 0 amide bonds. The lowest BCUT2D eigenvalue weighted by molar-refractivity contribution is -0.138. The van der Waals surface area contributed by atoms with E-state index >= 15 is 0 Å². The predicted octanol–water partition coefficient (Wildman–Crippen LogP) is 5.15. The number of aromatic nitrogens is 4. The molecule has 1 unspecified atom stereocenters. The second-order valence-electron chi connectivity index (χ2n) is 10.8. The van der Waals surface area contributed by atoms with Crippen molar-refractivity contribution in [3.8, 4) is 0 Å². The Bertz CT molecular complexity index is 1350. The molecule has 40 heavy (non-hydrogen) atoms. The van der Waals surface area contributed by atoms with E-state index in [4.69, 9.17) is 48.2 Å². The summed E-state index contributed by atoms with van der Waals surface area (Å²) >= 11 is 12.6. The molecule has 216 valence electrons. The van der Waals surface area contributed by atoms with Crippen LogP contribution < -0.4 is 4.90 Å². The summed E-state index contributed by atoms with van der Waals surface area (Å²) in [4.78, 5) is 34.2. The molecule has 2 N–H and O–H groups in total. The van der Waals surface area contributed by atoms with Crippen LogP contribution >= 0.6 is 23.2 Å². The number of likely N-dealkylation sites (tertiary alicyclic amines) is 1. The fraction of sp³-hybridized carbons (Fsp3) is 0.536. The summed E-state index contributed by atoms with van der Waals surface area (Å²) in [7, 11) is 0. The smallest absolute Gasteiger partial charge is 0.303 e. The SMILES string of the molecule is Cc1nn(C(C)c2ccc(Cl)cc2Cl)c2nc(N3CC[C@H](N4CCC[C@@H](CC(=O)O)C4)[C@H](C)C3)cnc12.O=CO. The molecule has 1 aromatic carbocycles. The summed E-state index contributed by atoms with van der Waals surface area (Å²) in [6.07, 6.45) is 5.24. The number of rotatable bonds is 6. The van der Waals surface area contributed by atoms with Crippen LogP contribution in [0.2, 0.25) is 10.0 Å². The van der Waals surface area contributed by atoms with Gasteiger partial charge in [0.15, 0.2) is 5.65 Å². The van der Waals surface area contributed by atoms with Crippen molar-refractivity contribution in [1.29, 1.82) is 0 Å². The van der Waals surface area contributed by atoms with E-state index in [9.17, 15) is 9.90 Å². The van der Waals surface area contributed by atoms with Gasteiger partial charge in [0.1, 0.15) is 11.3 Å². The molecular formula is C28H36Cl2N6O4. The van der Waals surface area contributed by atoms with Gasteiger partial charge in [0, 0.05) is 42.1 Å². The number of carboxylic acids is 1. The molecule has 2 aromatic heterocycles. The Morgan fingerprint density at radius 3 is 2.65 bits per heavy atom. The fourth-order valence-corrected chi connectivity index (χ4v) is 6.70. The van der Waals surface area contributed by atoms with E-state index in [0.717, 1.165) is 73.7 Å². The minimum absolute atomic E-state index is 0.131. The first-order valence-electron chi connectivity index (χ1n) is 13.6. The van der Waals surface area contributed by atoms with E-state index in [0.29, 0.717) is 22.0 Å². The van der Waals surface area contributed by atoms with E-state index in [1.807, 2.05) is 29.9 Å². The monoisotopic (exact) mass is 590 g/mol. The van der Waals surface area contributed by atoms with Gasteiger partial charge in [-0.05, 0) is 69.2 Å². The lowest BCUT2D eigenvalue weighted by atomic mass is 9.87. The number of nitrogens with zero attached hydrogens (tertiary/aromatic N) is 6. The molecule has 0 bridgehead atoms. The summed E-state index contributed by atoms with van der Waals surface area (Å²) in [5.74, 6) is 0.860. The van der Waals surface area contributed by atoms with Gasteiger partial charge in [0.05, 0.1) is 17.9 Å². The Balaban J connectivity index is 0.00000118. The number of carboxylic acid groups (broad SMARTS) is 2. The summed E-state index contributed by atoms with van der Waals surface area (Å²) in [5, 5.41) is 22.1. The molecule has 2 fully saturated rings. The number of aryl methyl sites for hydroxylation is 1. The maximum Gasteiger partial charge on any atom is 0.303 e. The summed E-state index contributed by atoms with van der Waals surface area (Å²) in [6.45, 7) is 9.77. The molecule has 0 spiro atoms. The van der Waals surface area contributed by atoms with Crippen LogP contribution in [-0.4, -0.2) is 79.5 Å². The Hall–Kier alpha value is -2.95. The quantitative estimate of drug-likeness (QED) is 0.375. The van der Waals surface area contributed by atoms with Crippen molar-refractivity contribution >= 4 is 52.6 Å². The van der Waals surface area contributed by atoms with Crippen LogP contribution in [0.4, 0.5) is 5.82 Å². The largest absolute Gasteiger partial charge is 0.483 e. The Morgan fingerprint density at radius 2 is 1.98 bits per heavy atom. The molecule has 12 heteroatoms. The van der Waals surface area contributed by atoms with Crippen LogP contribution in [-0.2, 0) is 9.59 Å². The molecular weight excluding hydrogens is 555 g/mol. The van der Waals surface area contributed by atoms with Gasteiger partial charge in [0.25, 0.3) is 6.47 Å². The van der Waals surface area contributed by atoms with Crippen LogP contribution in [0.25, 0.3) is 11.2 Å². The molecule has 0 aliphatic carbocycles. The number of piperidine rings is 2. The molecule has 2 aliphatic heterocycles. The maximum atomic E-state index is 11.2. The fourth-order valence-electron chi connectivity index (χ4n) is 6.13. The van der Waals surface area contributed by atoms with Crippen LogP contribution in [0.1, 0.15) is 56.8 Å². The molecule has 4 heterocycles. The second-order valence-corrected chi connectivity index (χ2v) is 11.6. The minimum Gasteiger partial charge on any atom is -0.483 e. The molecule has 5 rings (SSSR count). The third kappa shape index (κ3) is 6.67. The number of halogens is 2. The Labute approximate surface area is 243 Å². The number of fused-ring (bicyclic) bond motifs is 1. The standard InChI is InChI=1S/C27H34Cl2N6O2.CH2O2/c1-16-14-34(10-8-23(16)33-9-4-5-19(15-33)11-25(36)37)24-13-30-26-17(2)32-35(27(26)31-24)18(3)21-7-6-20(28)12-22(21)29;2-1-3/h6-7,12-13,16,18-19,23H,4-5,8-11,14-15H2,1-3H3,(H,36,37);1H,(H,2,3)/t16-,18?,19+,23+;/m1./s1. The average Bonchev–Trinajstić information content (AvgIpc) is 3.24. The van der Waals surface area contributed by atoms with E-state index in [-0.39, 0.29) is 24.9 Å². The Kier molecular flexibility index (Phi) is 9.86. The number of anilines is 1. The van der Waals surface area contributed by atoms with Crippen LogP contribution in [0.5, 0.6) is 0 Å². The first-order valence-corrected chi connectivity index (χ1v) is 14.3. The van der Waals surface area contributed by atoms with Crippen LogP contribution in [0, 0.1) is 18.8 Å². The van der Waals surface area contributed by atoms with Crippen molar-refractivity contribution in [1.82, 2.24) is 24.6 Å². The molecule has 0 saturated carbocycles. The highest BCUT2D eigenvalue weighted by Gasteiger charge is 2.34. The van der Waals surface area contributed by atoms with Crippen LogP contribution in [0.3, 0.4) is 0 Å². The van der Waals surface area contributed by atoms with Crippen molar-refractivity contribution in [2.45, 2.75) is 58.5 Å². The Morgan fingerprint density at radius 1 is 1.23 bits per heavy atom. The number of carbonyl (C=O) groups is 2. The number of hydrogen-bond donors (Lipinski definition) is 2. The normalized spacial score (nSPS) is 22.4. The first kappa shape index (κ1) is 30.0. The summed E-state index contributed by atoms with van der Waals surface area (Å²) in [6, 6.07) is 5.86. The second kappa shape index (κ2) is 13.1. The van der Waals surface area contributed by atoms with Gasteiger partial charge in [0.2, 0.25) is 0 Å². The highest BCUT2D eigenvalue weighted by Crippen LogP contribution is 2.33. The van der Waals surface area contributed by atoms with Gasteiger partial charge in [-0.2, -0.15) is 5.10 Å². The minimum atomic E-state index is -0.689. The van der Waals surface area contributed by atoms with Crippen molar-refractivity contribution < 1.29 is 19.8 Å². The van der Waals surface area contributed by atoms with Gasteiger partial charge < -0.3 is 15.1 Å². The van der Waals surface area contributed by atoms with Crippen molar-refractivity contribution in [2.24, 2.45) is 11.8 Å². The first-order chi connectivity index (χ1) is 19.1. The zero-order chi connectivity index (χ0) is 29.0. The molecule has 2 saturated heterocycles. The maximum absolute atomic E-state index is 11.2.